The van der Waals surface area contributed by atoms with E-state index in [1.165, 1.54) is 0 Å². The lowest BCUT2D eigenvalue weighted by Crippen LogP contribution is -2.44. The Morgan fingerprint density at radius 2 is 2.24 bits per heavy atom. The van der Waals surface area contributed by atoms with Gasteiger partial charge in [0.2, 0.25) is 0 Å². The van der Waals surface area contributed by atoms with Crippen molar-refractivity contribution in [2.24, 2.45) is 0 Å². The van der Waals surface area contributed by atoms with Crippen molar-refractivity contribution in [2.75, 3.05) is 31.3 Å². The Hall–Kier alpha value is -2.41. The zero-order valence-corrected chi connectivity index (χ0v) is 15.1. The molecular formula is C18H25N5O2. The smallest absolute Gasteiger partial charge is 0.152 e. The van der Waals surface area contributed by atoms with Gasteiger partial charge in [-0.15, -0.1) is 10.2 Å². The first-order valence-corrected chi connectivity index (χ1v) is 8.72. The molecule has 0 aliphatic carbocycles. The zero-order chi connectivity index (χ0) is 17.8. The fraction of sp³-hybridized carbons (Fsp3) is 0.500. The van der Waals surface area contributed by atoms with E-state index in [0.29, 0.717) is 31.3 Å². The molecule has 2 aromatic rings. The Labute approximate surface area is 148 Å². The quantitative estimate of drug-likeness (QED) is 0.751. The first kappa shape index (κ1) is 17.4. The highest BCUT2D eigenvalue weighted by atomic mass is 16.5. The van der Waals surface area contributed by atoms with E-state index in [1.807, 2.05) is 17.7 Å². The standard InChI is InChI=1S/C18H25N5O2/c1-5-23-16(7-8-19-23)15-11-17(22-9-10-24-12-13(22)3)20-21-18(15)14(4)25-6-2/h7-8,11,13H,4-6,9-10,12H2,1-3H3. The van der Waals surface area contributed by atoms with Crippen LogP contribution in [0.3, 0.4) is 0 Å². The van der Waals surface area contributed by atoms with E-state index in [9.17, 15) is 0 Å². The number of anilines is 1. The monoisotopic (exact) mass is 343 g/mol. The number of hydrogen-bond acceptors (Lipinski definition) is 6. The molecule has 7 nitrogen and oxygen atoms in total. The molecule has 0 radical (unpaired) electrons. The number of nitrogens with zero attached hydrogens (tertiary/aromatic N) is 5. The Bertz CT molecular complexity index is 743. The topological polar surface area (TPSA) is 65.3 Å². The second kappa shape index (κ2) is 7.65. The summed E-state index contributed by atoms with van der Waals surface area (Å²) < 4.78 is 13.1. The third-order valence-corrected chi connectivity index (χ3v) is 4.32. The highest BCUT2D eigenvalue weighted by Gasteiger charge is 2.23. The van der Waals surface area contributed by atoms with Gasteiger partial charge in [0.1, 0.15) is 11.5 Å². The van der Waals surface area contributed by atoms with Crippen LogP contribution in [0.25, 0.3) is 17.0 Å². The number of aromatic nitrogens is 4. The predicted molar refractivity (Wildman–Crippen MR) is 97.2 cm³/mol. The van der Waals surface area contributed by atoms with Crippen molar-refractivity contribution in [1.82, 2.24) is 20.0 Å². The van der Waals surface area contributed by atoms with E-state index in [4.69, 9.17) is 9.47 Å². The Kier molecular flexibility index (Phi) is 5.33. The molecule has 25 heavy (non-hydrogen) atoms. The van der Waals surface area contributed by atoms with Crippen LogP contribution in [0.1, 0.15) is 26.5 Å². The summed E-state index contributed by atoms with van der Waals surface area (Å²) in [6.45, 7) is 13.6. The highest BCUT2D eigenvalue weighted by Crippen LogP contribution is 2.30. The predicted octanol–water partition coefficient (Wildman–Crippen LogP) is 2.59. The SMILES string of the molecule is C=C(OCC)c1nnc(N2CCOCC2C)cc1-c1ccnn1CC. The summed E-state index contributed by atoms with van der Waals surface area (Å²) in [6, 6.07) is 4.29. The van der Waals surface area contributed by atoms with Crippen molar-refractivity contribution >= 4 is 11.6 Å². The fourth-order valence-corrected chi connectivity index (χ4v) is 3.05. The molecule has 134 valence electrons. The van der Waals surface area contributed by atoms with Crippen molar-refractivity contribution in [3.05, 3.63) is 30.6 Å². The maximum Gasteiger partial charge on any atom is 0.152 e. The molecule has 2 aromatic heterocycles. The molecule has 0 amide bonds. The summed E-state index contributed by atoms with van der Waals surface area (Å²) in [5.74, 6) is 1.36. The minimum absolute atomic E-state index is 0.257. The van der Waals surface area contributed by atoms with Crippen LogP contribution in [0, 0.1) is 0 Å². The first-order chi connectivity index (χ1) is 12.2. The van der Waals surface area contributed by atoms with Crippen molar-refractivity contribution in [2.45, 2.75) is 33.4 Å². The van der Waals surface area contributed by atoms with Gasteiger partial charge in [-0.2, -0.15) is 5.10 Å². The molecule has 1 unspecified atom stereocenters. The van der Waals surface area contributed by atoms with Gasteiger partial charge >= 0.3 is 0 Å². The van der Waals surface area contributed by atoms with Gasteiger partial charge in [0.05, 0.1) is 31.6 Å². The van der Waals surface area contributed by atoms with Crippen LogP contribution >= 0.6 is 0 Å². The number of morpholine rings is 1. The van der Waals surface area contributed by atoms with Crippen LogP contribution in [0.4, 0.5) is 5.82 Å². The third kappa shape index (κ3) is 3.51. The van der Waals surface area contributed by atoms with Gasteiger partial charge in [-0.05, 0) is 32.9 Å². The van der Waals surface area contributed by atoms with Crippen LogP contribution < -0.4 is 4.90 Å². The molecule has 0 N–H and O–H groups in total. The van der Waals surface area contributed by atoms with E-state index >= 15 is 0 Å². The maximum atomic E-state index is 5.59. The van der Waals surface area contributed by atoms with Gasteiger partial charge in [-0.1, -0.05) is 6.58 Å². The van der Waals surface area contributed by atoms with E-state index in [2.05, 4.69) is 46.7 Å². The first-order valence-electron chi connectivity index (χ1n) is 8.72. The van der Waals surface area contributed by atoms with Crippen LogP contribution in [0.2, 0.25) is 0 Å². The summed E-state index contributed by atoms with van der Waals surface area (Å²) >= 11 is 0. The molecule has 3 heterocycles. The third-order valence-electron chi connectivity index (χ3n) is 4.32. The summed E-state index contributed by atoms with van der Waals surface area (Å²) in [5.41, 5.74) is 2.57. The summed E-state index contributed by atoms with van der Waals surface area (Å²) in [4.78, 5) is 2.22. The number of rotatable bonds is 6. The summed E-state index contributed by atoms with van der Waals surface area (Å²) in [7, 11) is 0. The van der Waals surface area contributed by atoms with Crippen molar-refractivity contribution in [3.8, 4) is 11.3 Å². The second-order valence-electron chi connectivity index (χ2n) is 5.97. The molecule has 0 bridgehead atoms. The van der Waals surface area contributed by atoms with E-state index in [1.54, 1.807) is 6.20 Å². The number of hydrogen-bond donors (Lipinski definition) is 0. The zero-order valence-electron chi connectivity index (χ0n) is 15.1. The van der Waals surface area contributed by atoms with Gasteiger partial charge in [0, 0.05) is 24.8 Å². The average molecular weight is 343 g/mol. The average Bonchev–Trinajstić information content (AvgIpc) is 3.10. The highest BCUT2D eigenvalue weighted by molar-refractivity contribution is 5.75. The molecule has 0 aromatic carbocycles. The van der Waals surface area contributed by atoms with Crippen molar-refractivity contribution in [3.63, 3.8) is 0 Å². The van der Waals surface area contributed by atoms with Gasteiger partial charge in [-0.25, -0.2) is 0 Å². The molecule has 0 spiro atoms. The molecule has 1 saturated heterocycles. The minimum Gasteiger partial charge on any atom is -0.492 e. The molecule has 1 aliphatic rings. The number of ether oxygens (including phenoxy) is 2. The Morgan fingerprint density at radius 1 is 1.40 bits per heavy atom. The summed E-state index contributed by atoms with van der Waals surface area (Å²) in [6.07, 6.45) is 1.80. The van der Waals surface area contributed by atoms with Gasteiger partial charge in [0.25, 0.3) is 0 Å². The minimum atomic E-state index is 0.257. The normalized spacial score (nSPS) is 17.6. The molecule has 3 rings (SSSR count). The van der Waals surface area contributed by atoms with Gasteiger partial charge < -0.3 is 14.4 Å². The van der Waals surface area contributed by atoms with E-state index in [-0.39, 0.29) is 6.04 Å². The van der Waals surface area contributed by atoms with E-state index in [0.717, 1.165) is 30.2 Å². The lowest BCUT2D eigenvalue weighted by atomic mass is 10.1. The Morgan fingerprint density at radius 3 is 2.96 bits per heavy atom. The Balaban J connectivity index is 2.07. The van der Waals surface area contributed by atoms with Crippen LogP contribution in [-0.4, -0.2) is 52.4 Å². The molecule has 1 fully saturated rings. The van der Waals surface area contributed by atoms with Crippen molar-refractivity contribution in [1.29, 1.82) is 0 Å². The summed E-state index contributed by atoms with van der Waals surface area (Å²) in [5, 5.41) is 13.3. The second-order valence-corrected chi connectivity index (χ2v) is 5.97. The van der Waals surface area contributed by atoms with Crippen LogP contribution in [0.15, 0.2) is 24.9 Å². The molecular weight excluding hydrogens is 318 g/mol. The van der Waals surface area contributed by atoms with Gasteiger partial charge in [0.15, 0.2) is 5.82 Å². The fourth-order valence-electron chi connectivity index (χ4n) is 3.05. The lowest BCUT2D eigenvalue weighted by molar-refractivity contribution is 0.0984. The van der Waals surface area contributed by atoms with Gasteiger partial charge in [-0.3, -0.25) is 4.68 Å². The molecule has 1 atom stereocenters. The molecule has 1 aliphatic heterocycles. The van der Waals surface area contributed by atoms with Crippen LogP contribution in [-0.2, 0) is 16.0 Å². The van der Waals surface area contributed by atoms with Crippen LogP contribution in [0.5, 0.6) is 0 Å². The number of aryl methyl sites for hydroxylation is 1. The largest absolute Gasteiger partial charge is 0.492 e. The molecule has 7 heteroatoms. The van der Waals surface area contributed by atoms with Crippen molar-refractivity contribution < 1.29 is 9.47 Å². The molecule has 0 saturated carbocycles. The van der Waals surface area contributed by atoms with E-state index < -0.39 is 0 Å². The maximum absolute atomic E-state index is 5.59. The lowest BCUT2D eigenvalue weighted by Gasteiger charge is -2.34.